The maximum absolute atomic E-state index is 12.7. The number of nitrogens with one attached hydrogen (secondary N) is 2. The van der Waals surface area contributed by atoms with E-state index in [1.54, 1.807) is 23.9 Å². The third-order valence-electron chi connectivity index (χ3n) is 5.13. The molecule has 0 radical (unpaired) electrons. The quantitative estimate of drug-likeness (QED) is 0.404. The Morgan fingerprint density at radius 3 is 2.24 bits per heavy atom. The first-order chi connectivity index (χ1) is 15.9. The van der Waals surface area contributed by atoms with Crippen molar-refractivity contribution in [1.82, 2.24) is 10.2 Å². The Hall–Kier alpha value is -3.84. The van der Waals surface area contributed by atoms with E-state index < -0.39 is 17.8 Å². The van der Waals surface area contributed by atoms with E-state index in [2.05, 4.69) is 41.8 Å². The molecule has 4 rings (SSSR count). The highest BCUT2D eigenvalue weighted by atomic mass is 32.2. The van der Waals surface area contributed by atoms with Gasteiger partial charge in [0.15, 0.2) is 0 Å². The minimum Gasteiger partial charge on any atom is -0.324 e. The van der Waals surface area contributed by atoms with E-state index in [1.165, 1.54) is 5.56 Å². The number of carbonyl (C=O) groups is 3. The predicted molar refractivity (Wildman–Crippen MR) is 130 cm³/mol. The topological polar surface area (TPSA) is 78.5 Å². The van der Waals surface area contributed by atoms with Crippen molar-refractivity contribution in [2.45, 2.75) is 23.6 Å². The molecule has 0 aliphatic carbocycles. The van der Waals surface area contributed by atoms with Crippen LogP contribution in [-0.2, 0) is 9.59 Å². The number of aryl methyl sites for hydroxylation is 2. The molecule has 0 bridgehead atoms. The number of benzene rings is 3. The Labute approximate surface area is 196 Å². The fourth-order valence-electron chi connectivity index (χ4n) is 3.30. The first-order valence-corrected chi connectivity index (χ1v) is 11.3. The SMILES string of the molecule is Cc1ccc(Sc2ccc(/C=C3\NC(=O)N(CC(=O)Nc4ccccc4C)C3=O)cc2)cc1. The molecule has 6 nitrogen and oxygen atoms in total. The number of anilines is 1. The molecule has 3 aromatic rings. The number of rotatable bonds is 6. The number of nitrogens with zero attached hydrogens (tertiary/aromatic N) is 1. The van der Waals surface area contributed by atoms with Gasteiger partial charge in [-0.2, -0.15) is 0 Å². The molecule has 1 saturated heterocycles. The van der Waals surface area contributed by atoms with E-state index in [-0.39, 0.29) is 12.2 Å². The van der Waals surface area contributed by atoms with Crippen LogP contribution in [0.3, 0.4) is 0 Å². The van der Waals surface area contributed by atoms with Crippen molar-refractivity contribution in [2.24, 2.45) is 0 Å². The van der Waals surface area contributed by atoms with Crippen molar-refractivity contribution in [3.63, 3.8) is 0 Å². The summed E-state index contributed by atoms with van der Waals surface area (Å²) in [6.07, 6.45) is 1.61. The summed E-state index contributed by atoms with van der Waals surface area (Å²) in [6, 6.07) is 22.7. The minimum absolute atomic E-state index is 0.141. The maximum Gasteiger partial charge on any atom is 0.329 e. The lowest BCUT2D eigenvalue weighted by molar-refractivity contribution is -0.127. The molecule has 1 heterocycles. The van der Waals surface area contributed by atoms with E-state index in [9.17, 15) is 14.4 Å². The number of imide groups is 1. The van der Waals surface area contributed by atoms with E-state index in [0.717, 1.165) is 25.8 Å². The lowest BCUT2D eigenvalue weighted by atomic mass is 10.2. The molecule has 3 aromatic carbocycles. The standard InChI is InChI=1S/C26H23N3O3S/c1-17-7-11-20(12-8-17)33-21-13-9-19(10-14-21)15-23-25(31)29(26(32)28-23)16-24(30)27-22-6-4-3-5-18(22)2/h3-15H,16H2,1-2H3,(H,27,30)(H,28,32)/b23-15-. The molecular formula is C26H23N3O3S. The zero-order valence-corrected chi connectivity index (χ0v) is 19.1. The summed E-state index contributed by atoms with van der Waals surface area (Å²) in [5.41, 5.74) is 3.67. The fourth-order valence-corrected chi connectivity index (χ4v) is 4.12. The second-order valence-corrected chi connectivity index (χ2v) is 8.87. The zero-order chi connectivity index (χ0) is 23.4. The molecule has 0 unspecified atom stereocenters. The Kier molecular flexibility index (Phi) is 6.60. The Bertz CT molecular complexity index is 1230. The van der Waals surface area contributed by atoms with Gasteiger partial charge in [-0.15, -0.1) is 0 Å². The summed E-state index contributed by atoms with van der Waals surface area (Å²) >= 11 is 1.65. The second kappa shape index (κ2) is 9.75. The van der Waals surface area contributed by atoms with Crippen molar-refractivity contribution >= 4 is 41.4 Å². The second-order valence-electron chi connectivity index (χ2n) is 7.73. The van der Waals surface area contributed by atoms with Crippen molar-refractivity contribution in [1.29, 1.82) is 0 Å². The molecule has 0 atom stereocenters. The van der Waals surface area contributed by atoms with Crippen molar-refractivity contribution in [3.05, 3.63) is 95.2 Å². The van der Waals surface area contributed by atoms with E-state index >= 15 is 0 Å². The van der Waals surface area contributed by atoms with Gasteiger partial charge in [0, 0.05) is 15.5 Å². The summed E-state index contributed by atoms with van der Waals surface area (Å²) in [4.78, 5) is 40.5. The maximum atomic E-state index is 12.7. The fraction of sp³-hybridized carbons (Fsp3) is 0.115. The number of urea groups is 1. The summed E-state index contributed by atoms with van der Waals surface area (Å²) < 4.78 is 0. The number of amides is 4. The molecule has 33 heavy (non-hydrogen) atoms. The van der Waals surface area contributed by atoms with Gasteiger partial charge in [0.2, 0.25) is 5.91 Å². The van der Waals surface area contributed by atoms with Crippen molar-refractivity contribution < 1.29 is 14.4 Å². The Morgan fingerprint density at radius 2 is 1.58 bits per heavy atom. The molecular weight excluding hydrogens is 434 g/mol. The molecule has 0 spiro atoms. The predicted octanol–water partition coefficient (Wildman–Crippen LogP) is 4.99. The van der Waals surface area contributed by atoms with Crippen LogP contribution in [0.2, 0.25) is 0 Å². The van der Waals surface area contributed by atoms with Crippen LogP contribution in [-0.4, -0.2) is 29.3 Å². The number of hydrogen-bond donors (Lipinski definition) is 2. The van der Waals surface area contributed by atoms with Gasteiger partial charge in [-0.05, 0) is 61.4 Å². The molecule has 1 fully saturated rings. The molecule has 4 amide bonds. The van der Waals surface area contributed by atoms with Crippen molar-refractivity contribution in [3.8, 4) is 0 Å². The summed E-state index contributed by atoms with van der Waals surface area (Å²) in [7, 11) is 0. The van der Waals surface area contributed by atoms with Crippen LogP contribution in [0.1, 0.15) is 16.7 Å². The first kappa shape index (κ1) is 22.4. The van der Waals surface area contributed by atoms with E-state index in [4.69, 9.17) is 0 Å². The van der Waals surface area contributed by atoms with Crippen LogP contribution >= 0.6 is 11.8 Å². The Morgan fingerprint density at radius 1 is 0.939 bits per heavy atom. The van der Waals surface area contributed by atoms with Gasteiger partial charge in [-0.1, -0.05) is 59.8 Å². The summed E-state index contributed by atoms with van der Waals surface area (Å²) in [5, 5.41) is 5.29. The smallest absolute Gasteiger partial charge is 0.324 e. The van der Waals surface area contributed by atoms with Gasteiger partial charge < -0.3 is 10.6 Å². The van der Waals surface area contributed by atoms with Gasteiger partial charge in [0.25, 0.3) is 5.91 Å². The molecule has 1 aliphatic heterocycles. The molecule has 0 aromatic heterocycles. The van der Waals surface area contributed by atoms with Gasteiger partial charge in [-0.25, -0.2) is 9.69 Å². The lowest BCUT2D eigenvalue weighted by Crippen LogP contribution is -2.38. The Balaban J connectivity index is 1.40. The van der Waals surface area contributed by atoms with Crippen LogP contribution in [0.5, 0.6) is 0 Å². The minimum atomic E-state index is -0.613. The zero-order valence-electron chi connectivity index (χ0n) is 18.3. The van der Waals surface area contributed by atoms with Crippen LogP contribution in [0.4, 0.5) is 10.5 Å². The van der Waals surface area contributed by atoms with Crippen LogP contribution in [0.15, 0.2) is 88.3 Å². The number of para-hydroxylation sites is 1. The third kappa shape index (κ3) is 5.51. The largest absolute Gasteiger partial charge is 0.329 e. The molecule has 1 aliphatic rings. The number of carbonyl (C=O) groups excluding carboxylic acids is 3. The normalized spacial score (nSPS) is 14.5. The van der Waals surface area contributed by atoms with Crippen LogP contribution in [0.25, 0.3) is 6.08 Å². The average molecular weight is 458 g/mol. The van der Waals surface area contributed by atoms with E-state index in [1.807, 2.05) is 49.4 Å². The molecule has 0 saturated carbocycles. The summed E-state index contributed by atoms with van der Waals surface area (Å²) in [5.74, 6) is -0.968. The molecule has 7 heteroatoms. The van der Waals surface area contributed by atoms with Crippen LogP contribution < -0.4 is 10.6 Å². The van der Waals surface area contributed by atoms with Gasteiger partial charge in [-0.3, -0.25) is 9.59 Å². The summed E-state index contributed by atoms with van der Waals surface area (Å²) in [6.45, 7) is 3.56. The highest BCUT2D eigenvalue weighted by Crippen LogP contribution is 2.28. The molecule has 166 valence electrons. The number of hydrogen-bond acceptors (Lipinski definition) is 4. The van der Waals surface area contributed by atoms with Gasteiger partial charge >= 0.3 is 6.03 Å². The third-order valence-corrected chi connectivity index (χ3v) is 6.15. The average Bonchev–Trinajstić information content (AvgIpc) is 3.05. The first-order valence-electron chi connectivity index (χ1n) is 10.4. The lowest BCUT2D eigenvalue weighted by Gasteiger charge is -2.13. The highest BCUT2D eigenvalue weighted by Gasteiger charge is 2.34. The van der Waals surface area contributed by atoms with Gasteiger partial charge in [0.1, 0.15) is 12.2 Å². The highest BCUT2D eigenvalue weighted by molar-refractivity contribution is 7.99. The molecule has 2 N–H and O–H groups in total. The van der Waals surface area contributed by atoms with Gasteiger partial charge in [0.05, 0.1) is 0 Å². The van der Waals surface area contributed by atoms with Crippen molar-refractivity contribution in [2.75, 3.05) is 11.9 Å². The van der Waals surface area contributed by atoms with E-state index in [0.29, 0.717) is 5.69 Å². The monoisotopic (exact) mass is 457 g/mol. The van der Waals surface area contributed by atoms with Crippen LogP contribution in [0, 0.1) is 13.8 Å².